The molecule has 1 saturated heterocycles. The average molecular weight is 333 g/mol. The Morgan fingerprint density at radius 2 is 2.19 bits per heavy atom. The molecule has 0 aliphatic carbocycles. The Balaban J connectivity index is 2.38. The van der Waals surface area contributed by atoms with Gasteiger partial charge in [-0.1, -0.05) is 24.6 Å². The predicted octanol–water partition coefficient (Wildman–Crippen LogP) is 1.99. The van der Waals surface area contributed by atoms with Crippen molar-refractivity contribution in [1.82, 2.24) is 4.31 Å². The van der Waals surface area contributed by atoms with E-state index in [4.69, 9.17) is 22.1 Å². The molecule has 5 nitrogen and oxygen atoms in total. The molecule has 0 aromatic heterocycles. The molecule has 2 atom stereocenters. The molecule has 0 bridgehead atoms. The van der Waals surface area contributed by atoms with E-state index >= 15 is 0 Å². The zero-order chi connectivity index (χ0) is 15.6. The number of nitrogens with two attached hydrogens (primary N) is 1. The molecular weight excluding hydrogens is 312 g/mol. The van der Waals surface area contributed by atoms with Crippen LogP contribution in [0.25, 0.3) is 0 Å². The minimum atomic E-state index is -3.58. The van der Waals surface area contributed by atoms with Crippen LogP contribution < -0.4 is 5.73 Å². The van der Waals surface area contributed by atoms with Gasteiger partial charge in [0, 0.05) is 24.2 Å². The van der Waals surface area contributed by atoms with E-state index in [0.29, 0.717) is 24.6 Å². The molecule has 7 heteroatoms. The zero-order valence-electron chi connectivity index (χ0n) is 12.3. The van der Waals surface area contributed by atoms with Gasteiger partial charge in [-0.15, -0.1) is 0 Å². The number of morpholine rings is 1. The van der Waals surface area contributed by atoms with E-state index in [1.54, 1.807) is 12.1 Å². The molecule has 1 aromatic carbocycles. The van der Waals surface area contributed by atoms with Gasteiger partial charge < -0.3 is 10.5 Å². The maximum Gasteiger partial charge on any atom is 0.243 e. The highest BCUT2D eigenvalue weighted by molar-refractivity contribution is 7.89. The predicted molar refractivity (Wildman–Crippen MR) is 82.7 cm³/mol. The lowest BCUT2D eigenvalue weighted by molar-refractivity contribution is -0.0230. The SMILES string of the molecule is CCC1COC(C)CN1S(=O)(=O)c1ccc(CN)c(Cl)c1. The van der Waals surface area contributed by atoms with E-state index in [9.17, 15) is 8.42 Å². The van der Waals surface area contributed by atoms with Crippen LogP contribution in [0.4, 0.5) is 0 Å². The van der Waals surface area contributed by atoms with E-state index in [0.717, 1.165) is 5.56 Å². The number of sulfonamides is 1. The molecule has 2 N–H and O–H groups in total. The summed E-state index contributed by atoms with van der Waals surface area (Å²) in [5.74, 6) is 0. The van der Waals surface area contributed by atoms with Crippen LogP contribution in [-0.2, 0) is 21.3 Å². The topological polar surface area (TPSA) is 72.6 Å². The van der Waals surface area contributed by atoms with Crippen LogP contribution in [0, 0.1) is 0 Å². The van der Waals surface area contributed by atoms with Crippen LogP contribution in [-0.4, -0.2) is 38.0 Å². The second-order valence-electron chi connectivity index (χ2n) is 5.24. The maximum atomic E-state index is 12.8. The first-order chi connectivity index (χ1) is 9.90. The molecule has 118 valence electrons. The van der Waals surface area contributed by atoms with Gasteiger partial charge in [0.15, 0.2) is 0 Å². The molecule has 0 radical (unpaired) electrons. The molecule has 1 aliphatic rings. The van der Waals surface area contributed by atoms with Crippen LogP contribution in [0.3, 0.4) is 0 Å². The number of nitrogens with zero attached hydrogens (tertiary/aromatic N) is 1. The largest absolute Gasteiger partial charge is 0.375 e. The molecule has 1 aromatic rings. The van der Waals surface area contributed by atoms with Gasteiger partial charge in [0.25, 0.3) is 0 Å². The van der Waals surface area contributed by atoms with Crippen LogP contribution >= 0.6 is 11.6 Å². The van der Waals surface area contributed by atoms with Crippen LogP contribution in [0.1, 0.15) is 25.8 Å². The fourth-order valence-electron chi connectivity index (χ4n) is 2.42. The Bertz CT molecular complexity index is 606. The number of hydrogen-bond acceptors (Lipinski definition) is 4. The Hall–Kier alpha value is -0.660. The minimum Gasteiger partial charge on any atom is -0.375 e. The fourth-order valence-corrected chi connectivity index (χ4v) is 4.53. The molecule has 21 heavy (non-hydrogen) atoms. The normalized spacial score (nSPS) is 24.2. The lowest BCUT2D eigenvalue weighted by Crippen LogP contribution is -2.51. The summed E-state index contributed by atoms with van der Waals surface area (Å²) in [6.07, 6.45) is 0.599. The highest BCUT2D eigenvalue weighted by atomic mass is 35.5. The summed E-state index contributed by atoms with van der Waals surface area (Å²) in [4.78, 5) is 0.206. The molecule has 1 fully saturated rings. The molecule has 2 unspecified atom stereocenters. The first-order valence-corrected chi connectivity index (χ1v) is 8.83. The molecule has 0 spiro atoms. The summed E-state index contributed by atoms with van der Waals surface area (Å²) in [5, 5.41) is 0.382. The summed E-state index contributed by atoms with van der Waals surface area (Å²) in [6.45, 7) is 4.89. The first kappa shape index (κ1) is 16.7. The van der Waals surface area contributed by atoms with Gasteiger partial charge in [0.2, 0.25) is 10.0 Å². The van der Waals surface area contributed by atoms with Crippen molar-refractivity contribution in [3.63, 3.8) is 0 Å². The lowest BCUT2D eigenvalue weighted by atomic mass is 10.2. The Morgan fingerprint density at radius 3 is 2.76 bits per heavy atom. The van der Waals surface area contributed by atoms with E-state index < -0.39 is 10.0 Å². The summed E-state index contributed by atoms with van der Waals surface area (Å²) in [6, 6.07) is 4.57. The molecule has 1 heterocycles. The summed E-state index contributed by atoms with van der Waals surface area (Å²) in [7, 11) is -3.58. The van der Waals surface area contributed by atoms with Crippen molar-refractivity contribution in [3.8, 4) is 0 Å². The zero-order valence-corrected chi connectivity index (χ0v) is 13.8. The highest BCUT2D eigenvalue weighted by Gasteiger charge is 2.35. The van der Waals surface area contributed by atoms with Crippen molar-refractivity contribution in [2.45, 2.75) is 43.9 Å². The minimum absolute atomic E-state index is 0.110. The summed E-state index contributed by atoms with van der Waals surface area (Å²) >= 11 is 6.09. The number of ether oxygens (including phenoxy) is 1. The van der Waals surface area contributed by atoms with Gasteiger partial charge in [0.1, 0.15) is 0 Å². The first-order valence-electron chi connectivity index (χ1n) is 7.02. The fraction of sp³-hybridized carbons (Fsp3) is 0.571. The lowest BCUT2D eigenvalue weighted by Gasteiger charge is -2.37. The third-order valence-corrected chi connectivity index (χ3v) is 6.01. The molecular formula is C14H21ClN2O3S. The standard InChI is InChI=1S/C14H21ClN2O3S/c1-3-12-9-20-10(2)8-17(12)21(18,19)13-5-4-11(7-16)14(15)6-13/h4-6,10,12H,3,7-9,16H2,1-2H3. The van der Waals surface area contributed by atoms with Crippen LogP contribution in [0.15, 0.2) is 23.1 Å². The van der Waals surface area contributed by atoms with Crippen molar-refractivity contribution in [1.29, 1.82) is 0 Å². The van der Waals surface area contributed by atoms with Gasteiger partial charge in [-0.2, -0.15) is 4.31 Å². The highest BCUT2D eigenvalue weighted by Crippen LogP contribution is 2.27. The van der Waals surface area contributed by atoms with Gasteiger partial charge in [0.05, 0.1) is 17.6 Å². The quantitative estimate of drug-likeness (QED) is 0.915. The Morgan fingerprint density at radius 1 is 1.48 bits per heavy atom. The van der Waals surface area contributed by atoms with E-state index in [2.05, 4.69) is 0 Å². The number of benzene rings is 1. The maximum absolute atomic E-state index is 12.8. The number of hydrogen-bond donors (Lipinski definition) is 1. The summed E-state index contributed by atoms with van der Waals surface area (Å²) in [5.41, 5.74) is 6.29. The van der Waals surface area contributed by atoms with Crippen molar-refractivity contribution in [2.24, 2.45) is 5.73 Å². The van der Waals surface area contributed by atoms with Gasteiger partial charge in [-0.3, -0.25) is 0 Å². The molecule has 0 saturated carbocycles. The van der Waals surface area contributed by atoms with E-state index in [1.165, 1.54) is 10.4 Å². The van der Waals surface area contributed by atoms with E-state index in [1.807, 2.05) is 13.8 Å². The molecule has 0 amide bonds. The monoisotopic (exact) mass is 332 g/mol. The third kappa shape index (κ3) is 3.40. The van der Waals surface area contributed by atoms with Crippen LogP contribution in [0.2, 0.25) is 5.02 Å². The van der Waals surface area contributed by atoms with Gasteiger partial charge in [-0.05, 0) is 31.0 Å². The van der Waals surface area contributed by atoms with Gasteiger partial charge in [-0.25, -0.2) is 8.42 Å². The Kier molecular flexibility index (Phi) is 5.27. The van der Waals surface area contributed by atoms with Crippen LogP contribution in [0.5, 0.6) is 0 Å². The molecule has 1 aliphatic heterocycles. The average Bonchev–Trinajstić information content (AvgIpc) is 2.47. The second kappa shape index (κ2) is 6.62. The number of halogens is 1. The van der Waals surface area contributed by atoms with Crippen molar-refractivity contribution in [3.05, 3.63) is 28.8 Å². The van der Waals surface area contributed by atoms with Gasteiger partial charge >= 0.3 is 0 Å². The summed E-state index contributed by atoms with van der Waals surface area (Å²) < 4.78 is 32.7. The Labute approximate surface area is 131 Å². The van der Waals surface area contributed by atoms with E-state index in [-0.39, 0.29) is 23.6 Å². The molecule has 2 rings (SSSR count). The number of rotatable bonds is 4. The van der Waals surface area contributed by atoms with Crippen molar-refractivity contribution < 1.29 is 13.2 Å². The van der Waals surface area contributed by atoms with Crippen molar-refractivity contribution >= 4 is 21.6 Å². The third-order valence-electron chi connectivity index (χ3n) is 3.74. The second-order valence-corrected chi connectivity index (χ2v) is 7.54. The smallest absolute Gasteiger partial charge is 0.243 e. The van der Waals surface area contributed by atoms with Crippen molar-refractivity contribution in [2.75, 3.05) is 13.2 Å².